The van der Waals surface area contributed by atoms with Gasteiger partial charge in [-0.1, -0.05) is 6.07 Å². The van der Waals surface area contributed by atoms with Gasteiger partial charge in [0.15, 0.2) is 11.6 Å². The number of alkyl halides is 1. The van der Waals surface area contributed by atoms with Crippen molar-refractivity contribution in [1.82, 2.24) is 5.32 Å². The summed E-state index contributed by atoms with van der Waals surface area (Å²) in [5.41, 5.74) is 0.184. The number of hydrogen-bond acceptors (Lipinski definition) is 1. The zero-order valence-corrected chi connectivity index (χ0v) is 9.86. The predicted octanol–water partition coefficient (Wildman–Crippen LogP) is 2.39. The van der Waals surface area contributed by atoms with E-state index in [2.05, 4.69) is 5.32 Å². The summed E-state index contributed by atoms with van der Waals surface area (Å²) in [4.78, 5) is 11.6. The predicted molar refractivity (Wildman–Crippen MR) is 60.9 cm³/mol. The largest absolute Gasteiger partial charge is 0.349 e. The summed E-state index contributed by atoms with van der Waals surface area (Å²) in [5.74, 6) is -1.67. The molecule has 0 radical (unpaired) electrons. The first-order valence-corrected chi connectivity index (χ1v) is 5.89. The van der Waals surface area contributed by atoms with Gasteiger partial charge in [0, 0.05) is 5.88 Å². The van der Waals surface area contributed by atoms with Gasteiger partial charge >= 0.3 is 0 Å². The van der Waals surface area contributed by atoms with E-state index in [4.69, 9.17) is 11.6 Å². The minimum atomic E-state index is -0.936. The molecule has 1 amide bonds. The molecule has 0 spiro atoms. The Bertz CT molecular complexity index is 446. The summed E-state index contributed by atoms with van der Waals surface area (Å²) in [6.07, 6.45) is 1.79. The molecule has 0 heterocycles. The van der Waals surface area contributed by atoms with Crippen molar-refractivity contribution in [3.8, 4) is 0 Å². The number of hydrogen-bond donors (Lipinski definition) is 1. The van der Waals surface area contributed by atoms with Gasteiger partial charge in [-0.05, 0) is 30.5 Å². The van der Waals surface area contributed by atoms with Crippen molar-refractivity contribution in [2.75, 3.05) is 5.88 Å². The van der Waals surface area contributed by atoms with Crippen LogP contribution in [0.4, 0.5) is 8.78 Å². The van der Waals surface area contributed by atoms with Gasteiger partial charge in [-0.2, -0.15) is 0 Å². The molecule has 1 aliphatic carbocycles. The fourth-order valence-corrected chi connectivity index (χ4v) is 1.95. The summed E-state index contributed by atoms with van der Waals surface area (Å²) < 4.78 is 25.6. The van der Waals surface area contributed by atoms with E-state index in [0.717, 1.165) is 25.0 Å². The molecule has 5 heteroatoms. The fourth-order valence-electron chi connectivity index (χ4n) is 1.62. The fraction of sp³-hybridized carbons (Fsp3) is 0.417. The SMILES string of the molecule is O=C(Cc1ccc(F)c(F)c1)NC1(CCl)CC1. The third-order valence-corrected chi connectivity index (χ3v) is 3.37. The Morgan fingerprint density at radius 2 is 2.06 bits per heavy atom. The minimum Gasteiger partial charge on any atom is -0.349 e. The average molecular weight is 260 g/mol. The lowest BCUT2D eigenvalue weighted by Crippen LogP contribution is -2.39. The molecule has 1 aromatic carbocycles. The first-order chi connectivity index (χ1) is 8.04. The van der Waals surface area contributed by atoms with Gasteiger partial charge in [0.2, 0.25) is 5.91 Å². The summed E-state index contributed by atoms with van der Waals surface area (Å²) in [5, 5.41) is 2.81. The lowest BCUT2D eigenvalue weighted by atomic mass is 10.1. The number of nitrogens with one attached hydrogen (secondary N) is 1. The second kappa shape index (κ2) is 4.61. The molecule has 1 aliphatic rings. The van der Waals surface area contributed by atoms with Gasteiger partial charge in [0.1, 0.15) is 0 Å². The van der Waals surface area contributed by atoms with Crippen LogP contribution in [0.3, 0.4) is 0 Å². The van der Waals surface area contributed by atoms with Crippen molar-refractivity contribution in [3.05, 3.63) is 35.4 Å². The highest BCUT2D eigenvalue weighted by Crippen LogP contribution is 2.36. The van der Waals surface area contributed by atoms with E-state index in [9.17, 15) is 13.6 Å². The average Bonchev–Trinajstić information content (AvgIpc) is 3.04. The molecular weight excluding hydrogens is 248 g/mol. The van der Waals surface area contributed by atoms with Crippen LogP contribution in [0.15, 0.2) is 18.2 Å². The summed E-state index contributed by atoms with van der Waals surface area (Å²) in [7, 11) is 0. The number of halogens is 3. The molecule has 0 unspecified atom stereocenters. The van der Waals surface area contributed by atoms with Crippen molar-refractivity contribution in [3.63, 3.8) is 0 Å². The first kappa shape index (κ1) is 12.3. The molecule has 1 aromatic rings. The number of carbonyl (C=O) groups is 1. The number of benzene rings is 1. The standard InChI is InChI=1S/C12H12ClF2NO/c13-7-12(3-4-12)16-11(17)6-8-1-2-9(14)10(15)5-8/h1-2,5H,3-4,6-7H2,(H,16,17). The van der Waals surface area contributed by atoms with Crippen LogP contribution in [-0.4, -0.2) is 17.3 Å². The van der Waals surface area contributed by atoms with Gasteiger partial charge in [0.25, 0.3) is 0 Å². The quantitative estimate of drug-likeness (QED) is 0.827. The van der Waals surface area contributed by atoms with Crippen LogP contribution >= 0.6 is 11.6 Å². The van der Waals surface area contributed by atoms with Crippen LogP contribution in [0.25, 0.3) is 0 Å². The lowest BCUT2D eigenvalue weighted by Gasteiger charge is -2.13. The smallest absolute Gasteiger partial charge is 0.224 e. The van der Waals surface area contributed by atoms with E-state index in [-0.39, 0.29) is 17.9 Å². The summed E-state index contributed by atoms with van der Waals surface area (Å²) in [6.45, 7) is 0. The van der Waals surface area contributed by atoms with Crippen LogP contribution < -0.4 is 5.32 Å². The highest BCUT2D eigenvalue weighted by atomic mass is 35.5. The number of rotatable bonds is 4. The maximum Gasteiger partial charge on any atom is 0.224 e. The van der Waals surface area contributed by atoms with E-state index < -0.39 is 11.6 Å². The Kier molecular flexibility index (Phi) is 3.33. The lowest BCUT2D eigenvalue weighted by molar-refractivity contribution is -0.121. The normalized spacial score (nSPS) is 16.6. The Morgan fingerprint density at radius 1 is 1.35 bits per heavy atom. The molecule has 1 saturated carbocycles. The van der Waals surface area contributed by atoms with Crippen LogP contribution in [0.5, 0.6) is 0 Å². The van der Waals surface area contributed by atoms with Gasteiger partial charge in [-0.3, -0.25) is 4.79 Å². The van der Waals surface area contributed by atoms with Crippen molar-refractivity contribution < 1.29 is 13.6 Å². The zero-order chi connectivity index (χ0) is 12.5. The Hall–Kier alpha value is -1.16. The molecular formula is C12H12ClF2NO. The van der Waals surface area contributed by atoms with Gasteiger partial charge in [0.05, 0.1) is 12.0 Å². The van der Waals surface area contributed by atoms with Gasteiger partial charge in [-0.25, -0.2) is 8.78 Å². The zero-order valence-electron chi connectivity index (χ0n) is 9.10. The third-order valence-electron chi connectivity index (χ3n) is 2.86. The molecule has 92 valence electrons. The van der Waals surface area contributed by atoms with Crippen molar-refractivity contribution in [2.45, 2.75) is 24.8 Å². The Morgan fingerprint density at radius 3 is 2.59 bits per heavy atom. The van der Waals surface area contributed by atoms with Gasteiger partial charge < -0.3 is 5.32 Å². The van der Waals surface area contributed by atoms with E-state index in [1.54, 1.807) is 0 Å². The Labute approximate surface area is 103 Å². The molecule has 0 aliphatic heterocycles. The molecule has 17 heavy (non-hydrogen) atoms. The molecule has 0 aromatic heterocycles. The molecule has 2 nitrogen and oxygen atoms in total. The molecule has 1 N–H and O–H groups in total. The minimum absolute atomic E-state index is 0.0375. The molecule has 2 rings (SSSR count). The highest BCUT2D eigenvalue weighted by Gasteiger charge is 2.42. The van der Waals surface area contributed by atoms with Crippen LogP contribution in [0, 0.1) is 11.6 Å². The van der Waals surface area contributed by atoms with Crippen molar-refractivity contribution >= 4 is 17.5 Å². The van der Waals surface area contributed by atoms with Crippen molar-refractivity contribution in [2.24, 2.45) is 0 Å². The van der Waals surface area contributed by atoms with E-state index >= 15 is 0 Å². The molecule has 0 atom stereocenters. The maximum absolute atomic E-state index is 12.9. The monoisotopic (exact) mass is 259 g/mol. The van der Waals surface area contributed by atoms with E-state index in [0.29, 0.717) is 11.4 Å². The van der Waals surface area contributed by atoms with Crippen LogP contribution in [0.2, 0.25) is 0 Å². The third kappa shape index (κ3) is 2.94. The van der Waals surface area contributed by atoms with Crippen molar-refractivity contribution in [1.29, 1.82) is 0 Å². The first-order valence-electron chi connectivity index (χ1n) is 5.36. The number of carbonyl (C=O) groups excluding carboxylic acids is 1. The molecule has 1 fully saturated rings. The van der Waals surface area contributed by atoms with Crippen LogP contribution in [-0.2, 0) is 11.2 Å². The number of amides is 1. The molecule has 0 saturated heterocycles. The topological polar surface area (TPSA) is 29.1 Å². The molecule has 0 bridgehead atoms. The summed E-state index contributed by atoms with van der Waals surface area (Å²) in [6, 6.07) is 3.46. The van der Waals surface area contributed by atoms with E-state index in [1.165, 1.54) is 6.07 Å². The summed E-state index contributed by atoms with van der Waals surface area (Å²) >= 11 is 5.72. The van der Waals surface area contributed by atoms with E-state index in [1.807, 2.05) is 0 Å². The highest BCUT2D eigenvalue weighted by molar-refractivity contribution is 6.19. The van der Waals surface area contributed by atoms with Gasteiger partial charge in [-0.15, -0.1) is 11.6 Å². The Balaban J connectivity index is 1.96. The second-order valence-corrected chi connectivity index (χ2v) is 4.65. The van der Waals surface area contributed by atoms with Crippen LogP contribution in [0.1, 0.15) is 18.4 Å². The second-order valence-electron chi connectivity index (χ2n) is 4.39. The maximum atomic E-state index is 12.9.